The second-order valence-corrected chi connectivity index (χ2v) is 9.84. The van der Waals surface area contributed by atoms with E-state index in [1.165, 1.54) is 13.8 Å². The predicted octanol–water partition coefficient (Wildman–Crippen LogP) is -0.836. The molecule has 0 saturated carbocycles. The molecule has 0 aliphatic rings. The number of rotatable bonds is 11. The SMILES string of the molecule is CC(O)[C@@H](COP(=O)(O)OP(=O)(O)OP(=O)(O)O)OC(C)n1ccc(=O)[nH]c1=O. The topological polar surface area (TPSA) is 244 Å². The number of aromatic nitrogens is 2. The number of ether oxygens (including phenoxy) is 1. The Morgan fingerprint density at radius 1 is 1.07 bits per heavy atom. The van der Waals surface area contributed by atoms with Crippen molar-refractivity contribution in [1.82, 2.24) is 9.55 Å². The van der Waals surface area contributed by atoms with Crippen LogP contribution in [0, 0.1) is 0 Å². The number of aromatic amines is 1. The number of H-pyrrole nitrogens is 1. The largest absolute Gasteiger partial charge is 0.490 e. The van der Waals surface area contributed by atoms with Crippen LogP contribution < -0.4 is 11.2 Å². The molecule has 19 heteroatoms. The molecule has 4 unspecified atom stereocenters. The lowest BCUT2D eigenvalue weighted by molar-refractivity contribution is -0.111. The van der Waals surface area contributed by atoms with Gasteiger partial charge in [-0.25, -0.2) is 18.5 Å². The predicted molar refractivity (Wildman–Crippen MR) is 92.4 cm³/mol. The third-order valence-electron chi connectivity index (χ3n) is 2.97. The smallest absolute Gasteiger partial charge is 0.391 e. The number of hydrogen-bond donors (Lipinski definition) is 6. The van der Waals surface area contributed by atoms with Crippen molar-refractivity contribution in [2.75, 3.05) is 6.61 Å². The van der Waals surface area contributed by atoms with Gasteiger partial charge < -0.3 is 29.4 Å². The highest BCUT2D eigenvalue weighted by Gasteiger charge is 2.41. The normalized spacial score (nSPS) is 19.7. The molecule has 16 nitrogen and oxygen atoms in total. The molecule has 168 valence electrons. The van der Waals surface area contributed by atoms with E-state index in [1.54, 1.807) is 0 Å². The molecule has 0 aliphatic carbocycles. The highest BCUT2D eigenvalue weighted by molar-refractivity contribution is 7.66. The fraction of sp³-hybridized carbons (Fsp3) is 0.600. The molecule has 6 N–H and O–H groups in total. The van der Waals surface area contributed by atoms with Crippen LogP contribution in [-0.4, -0.2) is 53.0 Å². The minimum atomic E-state index is -5.69. The summed E-state index contributed by atoms with van der Waals surface area (Å²) >= 11 is 0. The van der Waals surface area contributed by atoms with Crippen molar-refractivity contribution in [1.29, 1.82) is 0 Å². The second kappa shape index (κ2) is 9.88. The van der Waals surface area contributed by atoms with Crippen LogP contribution in [0.2, 0.25) is 0 Å². The summed E-state index contributed by atoms with van der Waals surface area (Å²) in [6, 6.07) is 1.02. The van der Waals surface area contributed by atoms with Gasteiger partial charge in [0.25, 0.3) is 5.56 Å². The molecule has 1 aromatic rings. The Bertz CT molecular complexity index is 949. The molecular formula is C10H19N2O14P3. The lowest BCUT2D eigenvalue weighted by Gasteiger charge is -2.26. The Morgan fingerprint density at radius 2 is 1.66 bits per heavy atom. The maximum atomic E-state index is 11.7. The number of phosphoric ester groups is 1. The molecule has 0 saturated heterocycles. The van der Waals surface area contributed by atoms with Crippen LogP contribution in [0.4, 0.5) is 0 Å². The van der Waals surface area contributed by atoms with E-state index < -0.39 is 59.8 Å². The first-order valence-electron chi connectivity index (χ1n) is 7.45. The lowest BCUT2D eigenvalue weighted by Crippen LogP contribution is -2.37. The van der Waals surface area contributed by atoms with Crippen molar-refractivity contribution in [3.05, 3.63) is 33.1 Å². The third-order valence-corrected chi connectivity index (χ3v) is 6.77. The van der Waals surface area contributed by atoms with Gasteiger partial charge in [-0.3, -0.25) is 18.9 Å². The minimum absolute atomic E-state index is 0.668. The Balaban J connectivity index is 2.82. The van der Waals surface area contributed by atoms with Gasteiger partial charge >= 0.3 is 29.2 Å². The van der Waals surface area contributed by atoms with Crippen molar-refractivity contribution < 1.29 is 56.3 Å². The zero-order valence-corrected chi connectivity index (χ0v) is 17.5. The summed E-state index contributed by atoms with van der Waals surface area (Å²) in [5.74, 6) is 0. The van der Waals surface area contributed by atoms with E-state index in [0.717, 1.165) is 16.8 Å². The number of hydrogen-bond acceptors (Lipinski definition) is 10. The molecule has 0 spiro atoms. The average molecular weight is 484 g/mol. The highest BCUT2D eigenvalue weighted by Crippen LogP contribution is 2.66. The zero-order chi connectivity index (χ0) is 22.6. The van der Waals surface area contributed by atoms with Gasteiger partial charge in [0.05, 0.1) is 12.7 Å². The van der Waals surface area contributed by atoms with Gasteiger partial charge in [0, 0.05) is 12.3 Å². The van der Waals surface area contributed by atoms with E-state index in [9.17, 15) is 33.3 Å². The summed E-state index contributed by atoms with van der Waals surface area (Å²) in [4.78, 5) is 60.1. The van der Waals surface area contributed by atoms with Crippen LogP contribution in [0.1, 0.15) is 20.1 Å². The van der Waals surface area contributed by atoms with Gasteiger partial charge in [-0.05, 0) is 13.8 Å². The van der Waals surface area contributed by atoms with Crippen LogP contribution >= 0.6 is 23.5 Å². The number of aliphatic hydroxyl groups is 1. The third kappa shape index (κ3) is 9.57. The fourth-order valence-corrected chi connectivity index (χ4v) is 4.83. The summed E-state index contributed by atoms with van der Waals surface area (Å²) in [6.45, 7) is 1.59. The van der Waals surface area contributed by atoms with E-state index in [0.29, 0.717) is 0 Å². The summed E-state index contributed by atoms with van der Waals surface area (Å²) in [5.41, 5.74) is -1.51. The Hall–Kier alpha value is -0.990. The molecule has 0 fully saturated rings. The Labute approximate surface area is 162 Å². The first-order valence-corrected chi connectivity index (χ1v) is 12.0. The van der Waals surface area contributed by atoms with Gasteiger partial charge in [-0.15, -0.1) is 0 Å². The van der Waals surface area contributed by atoms with Crippen LogP contribution in [-0.2, 0) is 31.6 Å². The highest BCUT2D eigenvalue weighted by atomic mass is 31.3. The van der Waals surface area contributed by atoms with E-state index in [4.69, 9.17) is 19.4 Å². The standard InChI is InChI=1S/C10H19N2O14P3/c1-6(13)8(24-7(2)12-4-3-9(14)11-10(12)15)5-23-28(19,20)26-29(21,22)25-27(16,17)18/h3-4,6-8,13H,5H2,1-2H3,(H,19,20)(H,21,22)(H,11,14,15)(H2,16,17,18)/t6?,7?,8-/m1/s1. The Kier molecular flexibility index (Phi) is 8.87. The monoisotopic (exact) mass is 484 g/mol. The average Bonchev–Trinajstić information content (AvgIpc) is 2.47. The molecule has 0 bridgehead atoms. The number of nitrogens with one attached hydrogen (secondary N) is 1. The van der Waals surface area contributed by atoms with Gasteiger partial charge in [-0.2, -0.15) is 8.62 Å². The van der Waals surface area contributed by atoms with Crippen molar-refractivity contribution in [2.45, 2.75) is 32.3 Å². The molecule has 29 heavy (non-hydrogen) atoms. The van der Waals surface area contributed by atoms with Crippen LogP contribution in [0.3, 0.4) is 0 Å². The molecule has 1 heterocycles. The fourth-order valence-electron chi connectivity index (χ4n) is 1.80. The molecule has 5 atom stereocenters. The molecule has 0 amide bonds. The number of nitrogens with zero attached hydrogens (tertiary/aromatic N) is 1. The minimum Gasteiger partial charge on any atom is -0.391 e. The maximum Gasteiger partial charge on any atom is 0.490 e. The molecule has 0 aromatic carbocycles. The summed E-state index contributed by atoms with van der Waals surface area (Å²) < 4.78 is 51.2. The molecule has 1 rings (SSSR count). The van der Waals surface area contributed by atoms with Gasteiger partial charge in [-0.1, -0.05) is 0 Å². The van der Waals surface area contributed by atoms with Crippen LogP contribution in [0.25, 0.3) is 0 Å². The van der Waals surface area contributed by atoms with E-state index in [2.05, 4.69) is 13.1 Å². The van der Waals surface area contributed by atoms with E-state index in [-0.39, 0.29) is 0 Å². The molecule has 1 aromatic heterocycles. The molecule has 0 aliphatic heterocycles. The van der Waals surface area contributed by atoms with Crippen molar-refractivity contribution in [3.63, 3.8) is 0 Å². The van der Waals surface area contributed by atoms with Crippen molar-refractivity contribution >= 4 is 23.5 Å². The zero-order valence-electron chi connectivity index (χ0n) is 14.8. The van der Waals surface area contributed by atoms with E-state index in [1.807, 2.05) is 4.98 Å². The van der Waals surface area contributed by atoms with Gasteiger partial charge in [0.1, 0.15) is 12.3 Å². The molecular weight excluding hydrogens is 465 g/mol. The lowest BCUT2D eigenvalue weighted by atomic mass is 10.2. The number of aliphatic hydroxyl groups excluding tert-OH is 1. The summed E-state index contributed by atoms with van der Waals surface area (Å²) in [6.07, 6.45) is -2.77. The number of phosphoric acid groups is 3. The first-order chi connectivity index (χ1) is 13.0. The first kappa shape index (κ1) is 26.0. The van der Waals surface area contributed by atoms with Crippen LogP contribution in [0.15, 0.2) is 21.9 Å². The maximum absolute atomic E-state index is 11.7. The van der Waals surface area contributed by atoms with Gasteiger partial charge in [0.15, 0.2) is 0 Å². The second-order valence-electron chi connectivity index (χ2n) is 5.42. The Morgan fingerprint density at radius 3 is 2.14 bits per heavy atom. The molecule has 0 radical (unpaired) electrons. The van der Waals surface area contributed by atoms with E-state index >= 15 is 0 Å². The van der Waals surface area contributed by atoms with Crippen molar-refractivity contribution in [3.8, 4) is 0 Å². The quantitative estimate of drug-likeness (QED) is 0.210. The van der Waals surface area contributed by atoms with Crippen molar-refractivity contribution in [2.24, 2.45) is 0 Å². The van der Waals surface area contributed by atoms with Gasteiger partial charge in [0.2, 0.25) is 0 Å². The summed E-state index contributed by atoms with van der Waals surface area (Å²) in [7, 11) is -16.6. The van der Waals surface area contributed by atoms with Crippen LogP contribution in [0.5, 0.6) is 0 Å². The summed E-state index contributed by atoms with van der Waals surface area (Å²) in [5, 5.41) is 9.71.